The molecule has 116 valence electrons. The van der Waals surface area contributed by atoms with Crippen LogP contribution in [0.4, 0.5) is 0 Å². The van der Waals surface area contributed by atoms with Crippen LogP contribution in [0.1, 0.15) is 40.0 Å². The molecule has 3 atom stereocenters. The molecule has 2 aliphatic carbocycles. The molecular formula is C16H22O5. The number of fused-ring (bicyclic) bond motifs is 2. The van der Waals surface area contributed by atoms with E-state index in [0.29, 0.717) is 18.4 Å². The molecule has 2 fully saturated rings. The Morgan fingerprint density at radius 2 is 2.10 bits per heavy atom. The van der Waals surface area contributed by atoms with Crippen molar-refractivity contribution in [2.75, 3.05) is 13.7 Å². The Morgan fingerprint density at radius 3 is 2.67 bits per heavy atom. The van der Waals surface area contributed by atoms with E-state index in [2.05, 4.69) is 0 Å². The second-order valence-corrected chi connectivity index (χ2v) is 6.93. The molecule has 0 aromatic rings. The summed E-state index contributed by atoms with van der Waals surface area (Å²) in [5.41, 5.74) is -0.829. The van der Waals surface area contributed by atoms with Crippen LogP contribution in [-0.2, 0) is 23.8 Å². The highest BCUT2D eigenvalue weighted by atomic mass is 16.8. The van der Waals surface area contributed by atoms with Gasteiger partial charge in [-0.3, -0.25) is 4.79 Å². The van der Waals surface area contributed by atoms with Crippen LogP contribution in [0.25, 0.3) is 0 Å². The van der Waals surface area contributed by atoms with Gasteiger partial charge < -0.3 is 14.2 Å². The SMILES string of the molecule is COC(=O)C1=CC[C@]2(C)C(=O)CC[C@H]2[C@@]12COC(C)(C)O2. The topological polar surface area (TPSA) is 61.8 Å². The summed E-state index contributed by atoms with van der Waals surface area (Å²) in [7, 11) is 1.37. The van der Waals surface area contributed by atoms with E-state index in [0.717, 1.165) is 6.42 Å². The molecule has 5 heteroatoms. The number of esters is 1. The van der Waals surface area contributed by atoms with Gasteiger partial charge in [0.15, 0.2) is 5.79 Å². The highest BCUT2D eigenvalue weighted by Gasteiger charge is 2.65. The Bertz CT molecular complexity index is 535. The molecule has 21 heavy (non-hydrogen) atoms. The molecule has 5 nitrogen and oxygen atoms in total. The minimum absolute atomic E-state index is 0.0432. The van der Waals surface area contributed by atoms with Gasteiger partial charge in [0.25, 0.3) is 0 Å². The lowest BCUT2D eigenvalue weighted by Gasteiger charge is -2.46. The molecule has 1 saturated heterocycles. The van der Waals surface area contributed by atoms with Crippen LogP contribution in [0.3, 0.4) is 0 Å². The van der Waals surface area contributed by atoms with E-state index in [1.54, 1.807) is 0 Å². The number of Topliss-reactive ketones (excluding diaryl/α,β-unsaturated/α-hetero) is 1. The average Bonchev–Trinajstić information content (AvgIpc) is 2.89. The predicted molar refractivity (Wildman–Crippen MR) is 74.4 cm³/mol. The van der Waals surface area contributed by atoms with E-state index in [-0.39, 0.29) is 18.3 Å². The van der Waals surface area contributed by atoms with E-state index < -0.39 is 22.8 Å². The number of ketones is 1. The van der Waals surface area contributed by atoms with Crippen molar-refractivity contribution in [1.82, 2.24) is 0 Å². The van der Waals surface area contributed by atoms with Crippen molar-refractivity contribution >= 4 is 11.8 Å². The van der Waals surface area contributed by atoms with Crippen molar-refractivity contribution in [3.8, 4) is 0 Å². The van der Waals surface area contributed by atoms with Crippen molar-refractivity contribution in [1.29, 1.82) is 0 Å². The minimum atomic E-state index is -0.865. The quantitative estimate of drug-likeness (QED) is 0.692. The first-order valence-electron chi connectivity index (χ1n) is 7.41. The zero-order chi connectivity index (χ0) is 15.5. The maximum absolute atomic E-state index is 12.3. The van der Waals surface area contributed by atoms with Crippen molar-refractivity contribution in [3.63, 3.8) is 0 Å². The standard InChI is InChI=1S/C16H22O5/c1-14(2)20-9-16(21-14)10(13(18)19-4)7-8-15(3)11(16)5-6-12(15)17/h7,11H,5-6,8-9H2,1-4H3/t11-,15+,16-/m1/s1. The monoisotopic (exact) mass is 294 g/mol. The molecule has 0 N–H and O–H groups in total. The van der Waals surface area contributed by atoms with Crippen LogP contribution in [0, 0.1) is 11.3 Å². The van der Waals surface area contributed by atoms with Crippen molar-refractivity contribution in [2.24, 2.45) is 11.3 Å². The zero-order valence-corrected chi connectivity index (χ0v) is 13.0. The highest BCUT2D eigenvalue weighted by Crippen LogP contribution is 2.58. The summed E-state index contributed by atoms with van der Waals surface area (Å²) in [4.78, 5) is 24.5. The Kier molecular flexibility index (Phi) is 3.08. The normalized spacial score (nSPS) is 41.0. The number of ether oxygens (including phenoxy) is 3. The van der Waals surface area contributed by atoms with E-state index in [1.807, 2.05) is 26.8 Å². The summed E-state index contributed by atoms with van der Waals surface area (Å²) in [5, 5.41) is 0. The first-order chi connectivity index (χ1) is 9.75. The van der Waals surface area contributed by atoms with Gasteiger partial charge in [0.1, 0.15) is 11.4 Å². The second kappa shape index (κ2) is 4.40. The summed E-state index contributed by atoms with van der Waals surface area (Å²) in [6.45, 7) is 5.93. The highest BCUT2D eigenvalue weighted by molar-refractivity contribution is 5.94. The number of hydrogen-bond acceptors (Lipinski definition) is 5. The molecule has 1 aliphatic heterocycles. The molecule has 0 unspecified atom stereocenters. The summed E-state index contributed by atoms with van der Waals surface area (Å²) < 4.78 is 16.9. The van der Waals surface area contributed by atoms with Crippen LogP contribution in [0.2, 0.25) is 0 Å². The molecule has 0 amide bonds. The van der Waals surface area contributed by atoms with Gasteiger partial charge in [-0.2, -0.15) is 0 Å². The van der Waals surface area contributed by atoms with Crippen LogP contribution in [-0.4, -0.2) is 36.9 Å². The lowest BCUT2D eigenvalue weighted by Crippen LogP contribution is -2.54. The number of rotatable bonds is 1. The molecule has 0 radical (unpaired) electrons. The molecule has 1 saturated carbocycles. The predicted octanol–water partition coefficient (Wildman–Crippen LogP) is 2.00. The van der Waals surface area contributed by atoms with Gasteiger partial charge >= 0.3 is 5.97 Å². The molecule has 0 aromatic carbocycles. The largest absolute Gasteiger partial charge is 0.466 e. The molecule has 0 aromatic heterocycles. The number of carbonyl (C=O) groups is 2. The Hall–Kier alpha value is -1.20. The maximum Gasteiger partial charge on any atom is 0.336 e. The summed E-state index contributed by atoms with van der Waals surface area (Å²) in [6, 6.07) is 0. The Labute approximate surface area is 124 Å². The molecule has 0 bridgehead atoms. The lowest BCUT2D eigenvalue weighted by atomic mass is 9.62. The van der Waals surface area contributed by atoms with Crippen molar-refractivity contribution < 1.29 is 23.8 Å². The van der Waals surface area contributed by atoms with Gasteiger partial charge in [-0.15, -0.1) is 0 Å². The van der Waals surface area contributed by atoms with Crippen LogP contribution in [0.15, 0.2) is 11.6 Å². The van der Waals surface area contributed by atoms with Gasteiger partial charge in [0.2, 0.25) is 0 Å². The third-order valence-corrected chi connectivity index (χ3v) is 5.28. The summed E-state index contributed by atoms with van der Waals surface area (Å²) in [5.74, 6) is -0.951. The van der Waals surface area contributed by atoms with Gasteiger partial charge in [-0.1, -0.05) is 13.0 Å². The fourth-order valence-corrected chi connectivity index (χ4v) is 4.20. The third kappa shape index (κ3) is 1.90. The Morgan fingerprint density at radius 1 is 1.38 bits per heavy atom. The van der Waals surface area contributed by atoms with Crippen LogP contribution in [0.5, 0.6) is 0 Å². The zero-order valence-electron chi connectivity index (χ0n) is 13.0. The van der Waals surface area contributed by atoms with E-state index >= 15 is 0 Å². The van der Waals surface area contributed by atoms with E-state index in [9.17, 15) is 9.59 Å². The number of hydrogen-bond donors (Lipinski definition) is 0. The second-order valence-electron chi connectivity index (χ2n) is 6.93. The molecule has 1 spiro atoms. The van der Waals surface area contributed by atoms with Gasteiger partial charge in [-0.05, 0) is 26.7 Å². The van der Waals surface area contributed by atoms with Crippen molar-refractivity contribution in [2.45, 2.75) is 51.4 Å². The lowest BCUT2D eigenvalue weighted by molar-refractivity contribution is -0.178. The Balaban J connectivity index is 2.11. The molecule has 3 aliphatic rings. The summed E-state index contributed by atoms with van der Waals surface area (Å²) >= 11 is 0. The van der Waals surface area contributed by atoms with Gasteiger partial charge in [0, 0.05) is 17.8 Å². The molecular weight excluding hydrogens is 272 g/mol. The fourth-order valence-electron chi connectivity index (χ4n) is 4.20. The van der Waals surface area contributed by atoms with Crippen molar-refractivity contribution in [3.05, 3.63) is 11.6 Å². The number of methoxy groups -OCH3 is 1. The van der Waals surface area contributed by atoms with Crippen LogP contribution >= 0.6 is 0 Å². The maximum atomic E-state index is 12.3. The number of carbonyl (C=O) groups excluding carboxylic acids is 2. The van der Waals surface area contributed by atoms with Gasteiger partial charge in [0.05, 0.1) is 19.3 Å². The summed E-state index contributed by atoms with van der Waals surface area (Å²) in [6.07, 6.45) is 3.64. The first-order valence-corrected chi connectivity index (χ1v) is 7.41. The third-order valence-electron chi connectivity index (χ3n) is 5.28. The van der Waals surface area contributed by atoms with Gasteiger partial charge in [-0.25, -0.2) is 4.79 Å². The van der Waals surface area contributed by atoms with Crippen LogP contribution < -0.4 is 0 Å². The number of allylic oxidation sites excluding steroid dienone is 1. The first kappa shape index (κ1) is 14.7. The molecule has 3 rings (SSSR count). The minimum Gasteiger partial charge on any atom is -0.466 e. The fraction of sp³-hybridized carbons (Fsp3) is 0.750. The van der Waals surface area contributed by atoms with E-state index in [1.165, 1.54) is 7.11 Å². The smallest absolute Gasteiger partial charge is 0.336 e. The van der Waals surface area contributed by atoms with E-state index in [4.69, 9.17) is 14.2 Å². The average molecular weight is 294 g/mol. The molecule has 1 heterocycles.